The van der Waals surface area contributed by atoms with Crippen molar-refractivity contribution in [1.29, 1.82) is 0 Å². The zero-order chi connectivity index (χ0) is 18.4. The number of nitrogens with one attached hydrogen (secondary N) is 2. The zero-order valence-corrected chi connectivity index (χ0v) is 14.5. The summed E-state index contributed by atoms with van der Waals surface area (Å²) in [4.78, 5) is 26.1. The van der Waals surface area contributed by atoms with E-state index in [-0.39, 0.29) is 30.6 Å². The molecule has 1 saturated heterocycles. The summed E-state index contributed by atoms with van der Waals surface area (Å²) in [6.07, 6.45) is 2.47. The predicted molar refractivity (Wildman–Crippen MR) is 99.6 cm³/mol. The fourth-order valence-corrected chi connectivity index (χ4v) is 3.01. The number of hydrogen-bond acceptors (Lipinski definition) is 3. The molecule has 0 unspecified atom stereocenters. The Morgan fingerprint density at radius 2 is 1.73 bits per heavy atom. The SMILES string of the molecule is O=C(Cc1cccc(F)c1)NCC(=O)Nc1ccc(N2CCCC2)cc1. The third-order valence-corrected chi connectivity index (χ3v) is 4.32. The topological polar surface area (TPSA) is 61.4 Å². The van der Waals surface area contributed by atoms with Crippen LogP contribution in [0.2, 0.25) is 0 Å². The van der Waals surface area contributed by atoms with Crippen LogP contribution >= 0.6 is 0 Å². The van der Waals surface area contributed by atoms with E-state index in [1.165, 1.54) is 25.0 Å². The van der Waals surface area contributed by atoms with Crippen LogP contribution in [-0.4, -0.2) is 31.4 Å². The first-order chi connectivity index (χ1) is 12.6. The van der Waals surface area contributed by atoms with Crippen LogP contribution in [0.1, 0.15) is 18.4 Å². The smallest absolute Gasteiger partial charge is 0.243 e. The number of anilines is 2. The molecule has 2 aromatic rings. The van der Waals surface area contributed by atoms with E-state index in [0.29, 0.717) is 11.3 Å². The summed E-state index contributed by atoms with van der Waals surface area (Å²) in [5.74, 6) is -1.01. The quantitative estimate of drug-likeness (QED) is 0.838. The van der Waals surface area contributed by atoms with Crippen LogP contribution in [0.4, 0.5) is 15.8 Å². The van der Waals surface area contributed by atoms with E-state index < -0.39 is 0 Å². The van der Waals surface area contributed by atoms with Gasteiger partial charge in [-0.1, -0.05) is 12.1 Å². The summed E-state index contributed by atoms with van der Waals surface area (Å²) in [6.45, 7) is 2.02. The number of benzene rings is 2. The molecule has 2 amide bonds. The van der Waals surface area contributed by atoms with Gasteiger partial charge in [0, 0.05) is 24.5 Å². The maximum absolute atomic E-state index is 13.1. The molecule has 0 saturated carbocycles. The number of amides is 2. The molecular weight excluding hydrogens is 333 g/mol. The molecule has 2 aromatic carbocycles. The number of nitrogens with zero attached hydrogens (tertiary/aromatic N) is 1. The highest BCUT2D eigenvalue weighted by Crippen LogP contribution is 2.21. The van der Waals surface area contributed by atoms with E-state index in [4.69, 9.17) is 0 Å². The summed E-state index contributed by atoms with van der Waals surface area (Å²) in [7, 11) is 0. The number of rotatable bonds is 6. The number of carbonyl (C=O) groups is 2. The normalized spacial score (nSPS) is 13.5. The molecule has 0 radical (unpaired) electrons. The van der Waals surface area contributed by atoms with Crippen molar-refractivity contribution in [2.24, 2.45) is 0 Å². The summed E-state index contributed by atoms with van der Waals surface area (Å²) >= 11 is 0. The second-order valence-electron chi connectivity index (χ2n) is 6.37. The lowest BCUT2D eigenvalue weighted by atomic mass is 10.1. The fourth-order valence-electron chi connectivity index (χ4n) is 3.01. The Morgan fingerprint density at radius 3 is 2.42 bits per heavy atom. The van der Waals surface area contributed by atoms with E-state index in [0.717, 1.165) is 18.8 Å². The van der Waals surface area contributed by atoms with Gasteiger partial charge in [-0.3, -0.25) is 9.59 Å². The molecule has 136 valence electrons. The summed E-state index contributed by atoms with van der Waals surface area (Å²) in [6, 6.07) is 13.6. The van der Waals surface area contributed by atoms with Crippen LogP contribution in [0.5, 0.6) is 0 Å². The molecule has 1 aliphatic heterocycles. The van der Waals surface area contributed by atoms with Crippen LogP contribution in [0.25, 0.3) is 0 Å². The maximum atomic E-state index is 13.1. The molecule has 0 spiro atoms. The Morgan fingerprint density at radius 1 is 1.00 bits per heavy atom. The van der Waals surface area contributed by atoms with Crippen molar-refractivity contribution < 1.29 is 14.0 Å². The van der Waals surface area contributed by atoms with Gasteiger partial charge in [0.25, 0.3) is 0 Å². The first kappa shape index (κ1) is 17.9. The first-order valence-electron chi connectivity index (χ1n) is 8.76. The van der Waals surface area contributed by atoms with Gasteiger partial charge in [0.05, 0.1) is 13.0 Å². The summed E-state index contributed by atoms with van der Waals surface area (Å²) in [5.41, 5.74) is 2.42. The van der Waals surface area contributed by atoms with E-state index in [1.54, 1.807) is 12.1 Å². The molecule has 0 atom stereocenters. The molecule has 1 aliphatic rings. The average Bonchev–Trinajstić information content (AvgIpc) is 3.15. The predicted octanol–water partition coefficient (Wildman–Crippen LogP) is 2.72. The second-order valence-corrected chi connectivity index (χ2v) is 6.37. The minimum atomic E-state index is -0.384. The van der Waals surface area contributed by atoms with Gasteiger partial charge >= 0.3 is 0 Å². The number of carbonyl (C=O) groups excluding carboxylic acids is 2. The van der Waals surface area contributed by atoms with Gasteiger partial charge in [-0.2, -0.15) is 0 Å². The van der Waals surface area contributed by atoms with Crippen LogP contribution in [0, 0.1) is 5.82 Å². The monoisotopic (exact) mass is 355 g/mol. The van der Waals surface area contributed by atoms with Crippen molar-refractivity contribution in [1.82, 2.24) is 5.32 Å². The highest BCUT2D eigenvalue weighted by Gasteiger charge is 2.12. The largest absolute Gasteiger partial charge is 0.372 e. The highest BCUT2D eigenvalue weighted by atomic mass is 19.1. The summed E-state index contributed by atoms with van der Waals surface area (Å²) in [5, 5.41) is 5.30. The molecule has 0 aromatic heterocycles. The Balaban J connectivity index is 1.44. The first-order valence-corrected chi connectivity index (χ1v) is 8.76. The zero-order valence-electron chi connectivity index (χ0n) is 14.5. The molecule has 1 fully saturated rings. The highest BCUT2D eigenvalue weighted by molar-refractivity contribution is 5.94. The van der Waals surface area contributed by atoms with Crippen LogP contribution in [0.3, 0.4) is 0 Å². The average molecular weight is 355 g/mol. The number of hydrogen-bond donors (Lipinski definition) is 2. The third-order valence-electron chi connectivity index (χ3n) is 4.32. The minimum absolute atomic E-state index is 0.0373. The van der Waals surface area contributed by atoms with Gasteiger partial charge < -0.3 is 15.5 Å². The molecule has 5 nitrogen and oxygen atoms in total. The molecule has 6 heteroatoms. The molecular formula is C20H22FN3O2. The van der Waals surface area contributed by atoms with Gasteiger partial charge in [-0.05, 0) is 54.8 Å². The van der Waals surface area contributed by atoms with Gasteiger partial charge in [0.15, 0.2) is 0 Å². The van der Waals surface area contributed by atoms with Gasteiger partial charge in [-0.25, -0.2) is 4.39 Å². The van der Waals surface area contributed by atoms with E-state index in [2.05, 4.69) is 15.5 Å². The van der Waals surface area contributed by atoms with E-state index in [1.807, 2.05) is 24.3 Å². The standard InChI is InChI=1S/C20H22FN3O2/c21-16-5-3-4-15(12-16)13-19(25)22-14-20(26)23-17-6-8-18(9-7-17)24-10-1-2-11-24/h3-9,12H,1-2,10-11,13-14H2,(H,22,25)(H,23,26). The Labute approximate surface area is 152 Å². The third kappa shape index (κ3) is 5.05. The Bertz CT molecular complexity index is 771. The lowest BCUT2D eigenvalue weighted by Crippen LogP contribution is -2.33. The van der Waals surface area contributed by atoms with Gasteiger partial charge in [-0.15, -0.1) is 0 Å². The van der Waals surface area contributed by atoms with Crippen molar-refractivity contribution in [3.05, 3.63) is 59.9 Å². The van der Waals surface area contributed by atoms with Gasteiger partial charge in [0.1, 0.15) is 5.82 Å². The molecule has 0 aliphatic carbocycles. The second kappa shape index (κ2) is 8.47. The van der Waals surface area contributed by atoms with Crippen molar-refractivity contribution >= 4 is 23.2 Å². The molecule has 0 bridgehead atoms. The van der Waals surface area contributed by atoms with Crippen molar-refractivity contribution in [3.8, 4) is 0 Å². The molecule has 26 heavy (non-hydrogen) atoms. The lowest BCUT2D eigenvalue weighted by Gasteiger charge is -2.17. The Kier molecular flexibility index (Phi) is 5.84. The van der Waals surface area contributed by atoms with E-state index in [9.17, 15) is 14.0 Å². The molecule has 3 rings (SSSR count). The molecule has 1 heterocycles. The van der Waals surface area contributed by atoms with Crippen molar-refractivity contribution in [3.63, 3.8) is 0 Å². The lowest BCUT2D eigenvalue weighted by molar-refractivity contribution is -0.123. The van der Waals surface area contributed by atoms with Crippen LogP contribution in [0.15, 0.2) is 48.5 Å². The minimum Gasteiger partial charge on any atom is -0.372 e. The van der Waals surface area contributed by atoms with Crippen molar-refractivity contribution in [2.75, 3.05) is 29.9 Å². The van der Waals surface area contributed by atoms with Crippen LogP contribution < -0.4 is 15.5 Å². The molecule has 2 N–H and O–H groups in total. The Hall–Kier alpha value is -2.89. The van der Waals surface area contributed by atoms with Gasteiger partial charge in [0.2, 0.25) is 11.8 Å². The maximum Gasteiger partial charge on any atom is 0.243 e. The van der Waals surface area contributed by atoms with Crippen LogP contribution in [-0.2, 0) is 16.0 Å². The number of halogens is 1. The fraction of sp³-hybridized carbons (Fsp3) is 0.300. The van der Waals surface area contributed by atoms with Crippen molar-refractivity contribution in [2.45, 2.75) is 19.3 Å². The van der Waals surface area contributed by atoms with E-state index >= 15 is 0 Å². The summed E-state index contributed by atoms with van der Waals surface area (Å²) < 4.78 is 13.1.